The fourth-order valence-electron chi connectivity index (χ4n) is 4.12. The fraction of sp³-hybridized carbons (Fsp3) is 0.895. The summed E-state index contributed by atoms with van der Waals surface area (Å²) in [4.78, 5) is 29.1. The van der Waals surface area contributed by atoms with Gasteiger partial charge in [-0.1, -0.05) is 13.3 Å². The molecule has 0 aromatic carbocycles. The average molecular weight is 335 g/mol. The van der Waals surface area contributed by atoms with E-state index in [1.54, 1.807) is 0 Å². The van der Waals surface area contributed by atoms with Gasteiger partial charge < -0.3 is 10.2 Å². The molecular weight excluding hydrogens is 302 g/mol. The molecular formula is C19H33N3O2. The number of hydrogen-bond donors (Lipinski definition) is 1. The average Bonchev–Trinajstić information content (AvgIpc) is 3.47. The Morgan fingerprint density at radius 2 is 1.75 bits per heavy atom. The van der Waals surface area contributed by atoms with Gasteiger partial charge in [0.15, 0.2) is 0 Å². The lowest BCUT2D eigenvalue weighted by Crippen LogP contribution is -2.51. The number of amides is 2. The van der Waals surface area contributed by atoms with Crippen LogP contribution in [0.5, 0.6) is 0 Å². The lowest BCUT2D eigenvalue weighted by Gasteiger charge is -2.42. The van der Waals surface area contributed by atoms with E-state index in [-0.39, 0.29) is 11.8 Å². The SMILES string of the molecule is CCCCNC(=O)C1CCCN(C2CCN(C(=O)C3CC3)CC2)C1. The summed E-state index contributed by atoms with van der Waals surface area (Å²) in [7, 11) is 0. The van der Waals surface area contributed by atoms with Crippen LogP contribution in [0.25, 0.3) is 0 Å². The first-order chi connectivity index (χ1) is 11.7. The van der Waals surface area contributed by atoms with Crippen LogP contribution < -0.4 is 5.32 Å². The molecule has 136 valence electrons. The van der Waals surface area contributed by atoms with Crippen molar-refractivity contribution in [1.29, 1.82) is 0 Å². The largest absolute Gasteiger partial charge is 0.356 e. The Balaban J connectivity index is 1.43. The maximum atomic E-state index is 12.3. The monoisotopic (exact) mass is 335 g/mol. The highest BCUT2D eigenvalue weighted by Gasteiger charge is 2.37. The molecule has 2 amide bonds. The number of piperidine rings is 2. The fourth-order valence-corrected chi connectivity index (χ4v) is 4.12. The summed E-state index contributed by atoms with van der Waals surface area (Å²) in [5, 5.41) is 3.10. The molecule has 1 atom stereocenters. The van der Waals surface area contributed by atoms with Gasteiger partial charge in [-0.3, -0.25) is 14.5 Å². The highest BCUT2D eigenvalue weighted by atomic mass is 16.2. The zero-order chi connectivity index (χ0) is 16.9. The molecule has 1 saturated carbocycles. The molecule has 24 heavy (non-hydrogen) atoms. The molecule has 2 saturated heterocycles. The van der Waals surface area contributed by atoms with Gasteiger partial charge in [-0.2, -0.15) is 0 Å². The van der Waals surface area contributed by atoms with Crippen LogP contribution in [0.4, 0.5) is 0 Å². The van der Waals surface area contributed by atoms with E-state index in [0.717, 1.165) is 84.1 Å². The number of likely N-dealkylation sites (tertiary alicyclic amines) is 2. The van der Waals surface area contributed by atoms with Gasteiger partial charge >= 0.3 is 0 Å². The summed E-state index contributed by atoms with van der Waals surface area (Å²) in [6.07, 6.45) is 8.66. The molecule has 0 aromatic rings. The third kappa shape index (κ3) is 4.50. The molecule has 3 fully saturated rings. The zero-order valence-corrected chi connectivity index (χ0v) is 15.1. The highest BCUT2D eigenvalue weighted by molar-refractivity contribution is 5.81. The van der Waals surface area contributed by atoms with E-state index in [2.05, 4.69) is 22.0 Å². The predicted molar refractivity (Wildman–Crippen MR) is 94.5 cm³/mol. The van der Waals surface area contributed by atoms with Gasteiger partial charge in [-0.05, 0) is 51.5 Å². The van der Waals surface area contributed by atoms with Gasteiger partial charge in [0, 0.05) is 38.1 Å². The number of hydrogen-bond acceptors (Lipinski definition) is 3. The topological polar surface area (TPSA) is 52.7 Å². The second kappa shape index (κ2) is 8.32. The standard InChI is InChI=1S/C19H33N3O2/c1-2-3-10-20-18(23)16-5-4-11-22(14-16)17-8-12-21(13-9-17)19(24)15-6-7-15/h15-17H,2-14H2,1H3,(H,20,23). The van der Waals surface area contributed by atoms with Gasteiger partial charge in [0.05, 0.1) is 5.92 Å². The van der Waals surface area contributed by atoms with Crippen LogP contribution in [-0.4, -0.2) is 60.4 Å². The number of unbranched alkanes of at least 4 members (excludes halogenated alkanes) is 1. The Morgan fingerprint density at radius 3 is 2.42 bits per heavy atom. The minimum atomic E-state index is 0.154. The summed E-state index contributed by atoms with van der Waals surface area (Å²) in [5.41, 5.74) is 0. The lowest BCUT2D eigenvalue weighted by molar-refractivity contribution is -0.134. The number of carbonyl (C=O) groups excluding carboxylic acids is 2. The number of nitrogens with one attached hydrogen (secondary N) is 1. The lowest BCUT2D eigenvalue weighted by atomic mass is 9.93. The van der Waals surface area contributed by atoms with Crippen LogP contribution in [0.3, 0.4) is 0 Å². The van der Waals surface area contributed by atoms with E-state index < -0.39 is 0 Å². The molecule has 1 N–H and O–H groups in total. The van der Waals surface area contributed by atoms with Gasteiger partial charge in [0.1, 0.15) is 0 Å². The van der Waals surface area contributed by atoms with Crippen molar-refractivity contribution in [3.8, 4) is 0 Å². The zero-order valence-electron chi connectivity index (χ0n) is 15.1. The van der Waals surface area contributed by atoms with Gasteiger partial charge in [0.25, 0.3) is 0 Å². The van der Waals surface area contributed by atoms with E-state index in [1.165, 1.54) is 0 Å². The van der Waals surface area contributed by atoms with E-state index >= 15 is 0 Å². The van der Waals surface area contributed by atoms with Crippen molar-refractivity contribution >= 4 is 11.8 Å². The smallest absolute Gasteiger partial charge is 0.225 e. The molecule has 3 aliphatic rings. The number of rotatable bonds is 6. The van der Waals surface area contributed by atoms with Crippen molar-refractivity contribution in [2.75, 3.05) is 32.7 Å². The third-order valence-corrected chi connectivity index (χ3v) is 5.87. The maximum absolute atomic E-state index is 12.3. The van der Waals surface area contributed by atoms with Crippen LogP contribution >= 0.6 is 0 Å². The molecule has 0 spiro atoms. The number of carbonyl (C=O) groups is 2. The first-order valence-electron chi connectivity index (χ1n) is 9.99. The summed E-state index contributed by atoms with van der Waals surface area (Å²) >= 11 is 0. The van der Waals surface area contributed by atoms with E-state index in [9.17, 15) is 9.59 Å². The van der Waals surface area contributed by atoms with Crippen LogP contribution in [0.15, 0.2) is 0 Å². The molecule has 5 heteroatoms. The Labute approximate surface area is 146 Å². The summed E-state index contributed by atoms with van der Waals surface area (Å²) in [6, 6.07) is 0.555. The van der Waals surface area contributed by atoms with E-state index in [0.29, 0.717) is 17.9 Å². The molecule has 0 aromatic heterocycles. The van der Waals surface area contributed by atoms with Crippen molar-refractivity contribution in [2.45, 2.75) is 64.3 Å². The quantitative estimate of drug-likeness (QED) is 0.756. The molecule has 0 radical (unpaired) electrons. The van der Waals surface area contributed by atoms with Crippen LogP contribution in [0, 0.1) is 11.8 Å². The molecule has 1 aliphatic carbocycles. The molecule has 2 heterocycles. The van der Waals surface area contributed by atoms with Crippen LogP contribution in [0.2, 0.25) is 0 Å². The second-order valence-electron chi connectivity index (χ2n) is 7.81. The van der Waals surface area contributed by atoms with E-state index in [1.807, 2.05) is 0 Å². The Hall–Kier alpha value is -1.10. The van der Waals surface area contributed by atoms with Crippen molar-refractivity contribution in [3.63, 3.8) is 0 Å². The van der Waals surface area contributed by atoms with Crippen LogP contribution in [-0.2, 0) is 9.59 Å². The van der Waals surface area contributed by atoms with Crippen molar-refractivity contribution in [2.24, 2.45) is 11.8 Å². The van der Waals surface area contributed by atoms with Gasteiger partial charge in [-0.25, -0.2) is 0 Å². The van der Waals surface area contributed by atoms with Crippen LogP contribution in [0.1, 0.15) is 58.3 Å². The molecule has 2 aliphatic heterocycles. The Kier molecular flexibility index (Phi) is 6.14. The Morgan fingerprint density at radius 1 is 1.00 bits per heavy atom. The van der Waals surface area contributed by atoms with Crippen molar-refractivity contribution in [3.05, 3.63) is 0 Å². The first kappa shape index (κ1) is 17.7. The maximum Gasteiger partial charge on any atom is 0.225 e. The first-order valence-corrected chi connectivity index (χ1v) is 9.99. The summed E-state index contributed by atoms with van der Waals surface area (Å²) in [5.74, 6) is 1.13. The normalized spacial score (nSPS) is 26.4. The summed E-state index contributed by atoms with van der Waals surface area (Å²) in [6.45, 7) is 6.79. The highest BCUT2D eigenvalue weighted by Crippen LogP contribution is 2.32. The van der Waals surface area contributed by atoms with Gasteiger partial charge in [-0.15, -0.1) is 0 Å². The molecule has 5 nitrogen and oxygen atoms in total. The predicted octanol–water partition coefficient (Wildman–Crippen LogP) is 2.02. The van der Waals surface area contributed by atoms with Gasteiger partial charge in [0.2, 0.25) is 11.8 Å². The molecule has 3 rings (SSSR count). The number of nitrogens with zero attached hydrogens (tertiary/aromatic N) is 2. The minimum Gasteiger partial charge on any atom is -0.356 e. The van der Waals surface area contributed by atoms with Crippen molar-refractivity contribution in [1.82, 2.24) is 15.1 Å². The third-order valence-electron chi connectivity index (χ3n) is 5.87. The van der Waals surface area contributed by atoms with E-state index in [4.69, 9.17) is 0 Å². The molecule has 0 bridgehead atoms. The summed E-state index contributed by atoms with van der Waals surface area (Å²) < 4.78 is 0. The van der Waals surface area contributed by atoms with Crippen molar-refractivity contribution < 1.29 is 9.59 Å². The second-order valence-corrected chi connectivity index (χ2v) is 7.81. The minimum absolute atomic E-state index is 0.154. The Bertz CT molecular complexity index is 442. The molecule has 1 unspecified atom stereocenters.